The zero-order valence-corrected chi connectivity index (χ0v) is 24.4. The normalized spacial score (nSPS) is 25.0. The Balaban J connectivity index is 1.42. The summed E-state index contributed by atoms with van der Waals surface area (Å²) < 4.78 is 10.6. The molecule has 2 fully saturated rings. The minimum Gasteiger partial charge on any atom is -0.504 e. The van der Waals surface area contributed by atoms with Gasteiger partial charge in [-0.25, -0.2) is 9.36 Å². The monoisotopic (exact) mass is 575 g/mol. The van der Waals surface area contributed by atoms with E-state index in [1.807, 2.05) is 5.38 Å². The van der Waals surface area contributed by atoms with Gasteiger partial charge in [-0.15, -0.1) is 11.3 Å². The standard InChI is InChI=1S/C29H33N7O2S2/c1-16(21-7-5-11-36(21)2)38-23-12-20(17-14-33-39-15-17)34-28(35-23)25(37)18-6-3-9-29(26(18)31)10-4-8-22-24(29)19(13-30)27(32)40-22/h12,14-16,21,31,37H,3-11,32H2,1-2H3/b25-18-,31-26?/t16-,21-,29-/m0/s1. The number of hydrogen-bond acceptors (Lipinski definition) is 11. The third-order valence-electron chi connectivity index (χ3n) is 8.77. The van der Waals surface area contributed by atoms with Crippen LogP contribution in [0, 0.1) is 16.7 Å². The zero-order valence-electron chi connectivity index (χ0n) is 22.7. The van der Waals surface area contributed by atoms with Crippen LogP contribution in [0.5, 0.6) is 5.88 Å². The third-order valence-corrected chi connectivity index (χ3v) is 10.4. The van der Waals surface area contributed by atoms with Crippen LogP contribution in [0.15, 0.2) is 23.2 Å². The number of fused-ring (bicyclic) bond motifs is 2. The Morgan fingerprint density at radius 1 is 1.30 bits per heavy atom. The second-order valence-corrected chi connectivity index (χ2v) is 12.9. The number of nitrogens with zero attached hydrogens (tertiary/aromatic N) is 5. The van der Waals surface area contributed by atoms with Gasteiger partial charge in [-0.05, 0) is 89.0 Å². The molecular formula is C29H33N7O2S2. The number of likely N-dealkylation sites (N-methyl/N-ethyl adjacent to an activating group) is 1. The number of nitrogen functional groups attached to an aromatic ring is 1. The number of ether oxygens (including phenoxy) is 1. The molecule has 1 spiro atoms. The van der Waals surface area contributed by atoms with Crippen molar-refractivity contribution in [1.29, 1.82) is 10.7 Å². The van der Waals surface area contributed by atoms with Crippen LogP contribution in [-0.4, -0.2) is 55.8 Å². The number of nitriles is 1. The molecule has 3 aromatic rings. The highest BCUT2D eigenvalue weighted by molar-refractivity contribution is 7.16. The van der Waals surface area contributed by atoms with E-state index in [2.05, 4.69) is 34.3 Å². The predicted molar refractivity (Wildman–Crippen MR) is 158 cm³/mol. The van der Waals surface area contributed by atoms with Crippen LogP contribution >= 0.6 is 22.9 Å². The first kappa shape index (κ1) is 26.9. The van der Waals surface area contributed by atoms with Gasteiger partial charge >= 0.3 is 0 Å². The number of thiophene rings is 1. The molecule has 4 N–H and O–H groups in total. The molecule has 0 radical (unpaired) electrons. The van der Waals surface area contributed by atoms with Crippen molar-refractivity contribution in [2.75, 3.05) is 19.3 Å². The Bertz CT molecular complexity index is 1520. The molecule has 208 valence electrons. The fraction of sp³-hybridized carbons (Fsp3) is 0.483. The number of nitrogens with one attached hydrogen (secondary N) is 1. The highest BCUT2D eigenvalue weighted by Gasteiger charge is 2.47. The molecule has 11 heteroatoms. The lowest BCUT2D eigenvalue weighted by Crippen LogP contribution is -2.42. The van der Waals surface area contributed by atoms with Gasteiger partial charge in [0.15, 0.2) is 11.6 Å². The van der Waals surface area contributed by atoms with Crippen molar-refractivity contribution in [2.45, 2.75) is 75.9 Å². The molecule has 1 saturated carbocycles. The highest BCUT2D eigenvalue weighted by atomic mass is 32.1. The third kappa shape index (κ3) is 4.48. The molecule has 9 nitrogen and oxygen atoms in total. The van der Waals surface area contributed by atoms with E-state index >= 15 is 0 Å². The van der Waals surface area contributed by atoms with Crippen molar-refractivity contribution in [1.82, 2.24) is 19.2 Å². The fourth-order valence-electron chi connectivity index (χ4n) is 6.81. The molecule has 1 aliphatic heterocycles. The van der Waals surface area contributed by atoms with E-state index in [1.54, 1.807) is 12.3 Å². The molecule has 3 atom stereocenters. The average Bonchev–Trinajstić information content (AvgIpc) is 3.70. The maximum Gasteiger partial charge on any atom is 0.217 e. The van der Waals surface area contributed by atoms with Crippen LogP contribution in [-0.2, 0) is 11.8 Å². The Morgan fingerprint density at radius 2 is 2.10 bits per heavy atom. The topological polar surface area (TPSA) is 145 Å². The van der Waals surface area contributed by atoms with Gasteiger partial charge in [0.25, 0.3) is 0 Å². The van der Waals surface area contributed by atoms with Gasteiger partial charge in [0, 0.05) is 44.6 Å². The zero-order chi connectivity index (χ0) is 28.0. The highest BCUT2D eigenvalue weighted by Crippen LogP contribution is 2.52. The predicted octanol–water partition coefficient (Wildman–Crippen LogP) is 5.72. The van der Waals surface area contributed by atoms with Crippen LogP contribution in [0.4, 0.5) is 5.00 Å². The lowest BCUT2D eigenvalue weighted by molar-refractivity contribution is 0.116. The van der Waals surface area contributed by atoms with Crippen LogP contribution in [0.3, 0.4) is 0 Å². The number of nitrogens with two attached hydrogens (primary N) is 1. The number of rotatable bonds is 5. The summed E-state index contributed by atoms with van der Waals surface area (Å²) in [5.74, 6) is 0.433. The van der Waals surface area contributed by atoms with Gasteiger partial charge in [-0.3, -0.25) is 4.90 Å². The van der Waals surface area contributed by atoms with E-state index in [4.69, 9.17) is 15.5 Å². The molecule has 0 aromatic carbocycles. The number of aromatic nitrogens is 3. The summed E-state index contributed by atoms with van der Waals surface area (Å²) in [6.45, 7) is 3.10. The van der Waals surface area contributed by atoms with E-state index < -0.39 is 5.41 Å². The Hall–Kier alpha value is -3.33. The van der Waals surface area contributed by atoms with Gasteiger partial charge in [0.2, 0.25) is 5.88 Å². The summed E-state index contributed by atoms with van der Waals surface area (Å²) in [5, 5.41) is 33.5. The number of aliphatic hydroxyl groups excluding tert-OH is 1. The van der Waals surface area contributed by atoms with Crippen molar-refractivity contribution < 1.29 is 9.84 Å². The lowest BCUT2D eigenvalue weighted by Gasteiger charge is -2.42. The lowest BCUT2D eigenvalue weighted by atomic mass is 9.60. The molecular weight excluding hydrogens is 543 g/mol. The van der Waals surface area contributed by atoms with Crippen LogP contribution < -0.4 is 10.5 Å². The van der Waals surface area contributed by atoms with E-state index in [9.17, 15) is 15.8 Å². The molecule has 1 saturated heterocycles. The van der Waals surface area contributed by atoms with Crippen molar-refractivity contribution in [3.05, 3.63) is 45.0 Å². The van der Waals surface area contributed by atoms with E-state index in [0.717, 1.165) is 67.5 Å². The summed E-state index contributed by atoms with van der Waals surface area (Å²) in [7, 11) is 2.11. The maximum absolute atomic E-state index is 11.7. The second-order valence-electron chi connectivity index (χ2n) is 11.1. The molecule has 0 bridgehead atoms. The molecule has 4 heterocycles. The van der Waals surface area contributed by atoms with Gasteiger partial charge < -0.3 is 21.0 Å². The summed E-state index contributed by atoms with van der Waals surface area (Å²) >= 11 is 2.80. The average molecular weight is 576 g/mol. The van der Waals surface area contributed by atoms with E-state index in [-0.39, 0.29) is 23.7 Å². The van der Waals surface area contributed by atoms with Crippen molar-refractivity contribution in [2.24, 2.45) is 0 Å². The SMILES string of the molecule is C[C@H](Oc1cc(-c2cnsc2)nc(/C(O)=C2\CCC[C@@]3(CCCc4sc(N)c(C#N)c43)C2=N)n1)[C@@H]1CCCN1C. The minimum atomic E-state index is -0.635. The molecule has 6 rings (SSSR count). The molecule has 2 aliphatic carbocycles. The smallest absolute Gasteiger partial charge is 0.217 e. The van der Waals surface area contributed by atoms with Crippen LogP contribution in [0.25, 0.3) is 17.0 Å². The van der Waals surface area contributed by atoms with Gasteiger partial charge in [-0.1, -0.05) is 0 Å². The van der Waals surface area contributed by atoms with Crippen LogP contribution in [0.1, 0.15) is 73.7 Å². The first-order chi connectivity index (χ1) is 19.3. The number of hydrogen-bond donors (Lipinski definition) is 3. The Labute approximate surface area is 242 Å². The van der Waals surface area contributed by atoms with E-state index in [1.165, 1.54) is 22.9 Å². The van der Waals surface area contributed by atoms with Crippen molar-refractivity contribution in [3.8, 4) is 23.2 Å². The minimum absolute atomic E-state index is 0.0937. The molecule has 0 amide bonds. The summed E-state index contributed by atoms with van der Waals surface area (Å²) in [6.07, 6.45) is 8.45. The Kier molecular flexibility index (Phi) is 7.10. The fourth-order valence-corrected chi connectivity index (χ4v) is 8.50. The molecule has 40 heavy (non-hydrogen) atoms. The second kappa shape index (κ2) is 10.6. The van der Waals surface area contributed by atoms with Crippen molar-refractivity contribution in [3.63, 3.8) is 0 Å². The van der Waals surface area contributed by atoms with Gasteiger partial charge in [0.05, 0.1) is 17.5 Å². The number of aryl methyl sites for hydroxylation is 1. The molecule has 3 aromatic heterocycles. The van der Waals surface area contributed by atoms with Gasteiger partial charge in [0.1, 0.15) is 17.2 Å². The maximum atomic E-state index is 11.7. The first-order valence-electron chi connectivity index (χ1n) is 13.8. The first-order valence-corrected chi connectivity index (χ1v) is 15.5. The number of aliphatic hydroxyl groups is 1. The number of likely N-dealkylation sites (tertiary alicyclic amines) is 1. The summed E-state index contributed by atoms with van der Waals surface area (Å²) in [4.78, 5) is 12.8. The quantitative estimate of drug-likeness (QED) is 0.327. The van der Waals surface area contributed by atoms with Crippen molar-refractivity contribution >= 4 is 39.3 Å². The molecule has 0 unspecified atom stereocenters. The largest absolute Gasteiger partial charge is 0.504 e. The van der Waals surface area contributed by atoms with Gasteiger partial charge in [-0.2, -0.15) is 10.2 Å². The summed E-state index contributed by atoms with van der Waals surface area (Å²) in [5.41, 5.74) is 9.32. The van der Waals surface area contributed by atoms with E-state index in [0.29, 0.717) is 39.8 Å². The summed E-state index contributed by atoms with van der Waals surface area (Å²) in [6, 6.07) is 4.39. The number of allylic oxidation sites excluding steroid dienone is 1. The molecule has 3 aliphatic rings. The van der Waals surface area contributed by atoms with Crippen LogP contribution in [0.2, 0.25) is 0 Å². The number of anilines is 1. The Morgan fingerprint density at radius 3 is 2.80 bits per heavy atom.